The summed E-state index contributed by atoms with van der Waals surface area (Å²) in [5.41, 5.74) is 4.41. The van der Waals surface area contributed by atoms with Gasteiger partial charge in [-0.1, -0.05) is 42.5 Å². The van der Waals surface area contributed by atoms with Crippen LogP contribution in [0.25, 0.3) is 0 Å². The zero-order valence-corrected chi connectivity index (χ0v) is 16.5. The third kappa shape index (κ3) is 5.10. The Bertz CT molecular complexity index is 835. The Labute approximate surface area is 166 Å². The van der Waals surface area contributed by atoms with Gasteiger partial charge in [0.2, 0.25) is 5.91 Å². The van der Waals surface area contributed by atoms with E-state index < -0.39 is 0 Å². The van der Waals surface area contributed by atoms with Crippen LogP contribution in [-0.4, -0.2) is 32.1 Å². The van der Waals surface area contributed by atoms with E-state index in [9.17, 15) is 4.79 Å². The van der Waals surface area contributed by atoms with Crippen molar-refractivity contribution in [2.24, 2.45) is 4.99 Å². The molecule has 6 nitrogen and oxygen atoms in total. The maximum absolute atomic E-state index is 12.0. The summed E-state index contributed by atoms with van der Waals surface area (Å²) in [6.07, 6.45) is 0.470. The number of para-hydroxylation sites is 1. The van der Waals surface area contributed by atoms with Gasteiger partial charge < -0.3 is 20.7 Å². The smallest absolute Gasteiger partial charge is 0.225 e. The summed E-state index contributed by atoms with van der Waals surface area (Å²) in [6, 6.07) is 16.2. The first-order valence-electron chi connectivity index (χ1n) is 9.69. The van der Waals surface area contributed by atoms with Gasteiger partial charge >= 0.3 is 0 Å². The topological polar surface area (TPSA) is 74.8 Å². The minimum absolute atomic E-state index is 0.0540. The van der Waals surface area contributed by atoms with Gasteiger partial charge in [-0.2, -0.15) is 0 Å². The van der Waals surface area contributed by atoms with Crippen molar-refractivity contribution in [3.8, 4) is 0 Å². The van der Waals surface area contributed by atoms with E-state index in [0.29, 0.717) is 32.7 Å². The number of ether oxygens (including phenoxy) is 1. The number of hydrogen-bond acceptors (Lipinski definition) is 3. The van der Waals surface area contributed by atoms with E-state index in [-0.39, 0.29) is 11.8 Å². The summed E-state index contributed by atoms with van der Waals surface area (Å²) in [6.45, 7) is 4.60. The highest BCUT2D eigenvalue weighted by molar-refractivity contribution is 5.94. The van der Waals surface area contributed by atoms with Crippen LogP contribution in [0.4, 0.5) is 5.69 Å². The molecule has 1 unspecified atom stereocenters. The van der Waals surface area contributed by atoms with Gasteiger partial charge in [-0.3, -0.25) is 9.79 Å². The van der Waals surface area contributed by atoms with E-state index in [4.69, 9.17) is 4.74 Å². The summed E-state index contributed by atoms with van der Waals surface area (Å²) < 4.78 is 5.55. The van der Waals surface area contributed by atoms with Gasteiger partial charge in [0.1, 0.15) is 0 Å². The van der Waals surface area contributed by atoms with Crippen LogP contribution in [0.2, 0.25) is 0 Å². The highest BCUT2D eigenvalue weighted by Gasteiger charge is 2.24. The molecule has 6 heteroatoms. The molecule has 0 saturated carbocycles. The number of carbonyl (C=O) groups excluding carboxylic acids is 1. The van der Waals surface area contributed by atoms with Crippen molar-refractivity contribution in [1.82, 2.24) is 10.6 Å². The summed E-state index contributed by atoms with van der Waals surface area (Å²) in [5, 5.41) is 9.66. The van der Waals surface area contributed by atoms with Crippen LogP contribution in [0.3, 0.4) is 0 Å². The molecule has 28 heavy (non-hydrogen) atoms. The molecule has 1 amide bonds. The first-order chi connectivity index (χ1) is 13.7. The van der Waals surface area contributed by atoms with Crippen LogP contribution in [0.1, 0.15) is 36.0 Å². The molecule has 0 aliphatic carbocycles. The lowest BCUT2D eigenvalue weighted by Crippen LogP contribution is -2.40. The first-order valence-corrected chi connectivity index (χ1v) is 9.69. The Kier molecular flexibility index (Phi) is 7.03. The normalized spacial score (nSPS) is 16.3. The van der Waals surface area contributed by atoms with Crippen molar-refractivity contribution in [3.05, 3.63) is 65.2 Å². The largest absolute Gasteiger partial charge is 0.377 e. The Morgan fingerprint density at radius 2 is 1.89 bits per heavy atom. The summed E-state index contributed by atoms with van der Waals surface area (Å²) in [4.78, 5) is 16.3. The molecule has 2 aromatic carbocycles. The summed E-state index contributed by atoms with van der Waals surface area (Å²) in [7, 11) is 1.75. The van der Waals surface area contributed by atoms with Crippen molar-refractivity contribution in [3.63, 3.8) is 0 Å². The molecule has 1 atom stereocenters. The Hall–Kier alpha value is -2.86. The number of hydrogen-bond donors (Lipinski definition) is 3. The predicted molar refractivity (Wildman–Crippen MR) is 112 cm³/mol. The van der Waals surface area contributed by atoms with Crippen molar-refractivity contribution >= 4 is 17.6 Å². The molecule has 0 radical (unpaired) electrons. The van der Waals surface area contributed by atoms with Crippen LogP contribution < -0.4 is 16.0 Å². The van der Waals surface area contributed by atoms with Crippen LogP contribution in [0.15, 0.2) is 53.5 Å². The van der Waals surface area contributed by atoms with E-state index in [1.54, 1.807) is 7.05 Å². The van der Waals surface area contributed by atoms with Crippen LogP contribution >= 0.6 is 0 Å². The second-order valence-electron chi connectivity index (χ2n) is 6.75. The van der Waals surface area contributed by atoms with Gasteiger partial charge in [0.05, 0.1) is 6.61 Å². The van der Waals surface area contributed by atoms with E-state index in [2.05, 4.69) is 39.1 Å². The zero-order valence-electron chi connectivity index (χ0n) is 16.5. The number of nitrogens with one attached hydrogen (secondary N) is 3. The number of nitrogens with zero attached hydrogens (tertiary/aromatic N) is 1. The van der Waals surface area contributed by atoms with Crippen molar-refractivity contribution in [2.75, 3.05) is 25.5 Å². The number of fused-ring (bicyclic) bond motifs is 1. The van der Waals surface area contributed by atoms with Gasteiger partial charge in [-0.05, 0) is 29.7 Å². The highest BCUT2D eigenvalue weighted by Crippen LogP contribution is 2.31. The molecule has 0 aromatic heterocycles. The SMILES string of the molecule is CCOCc1ccccc1CNC(=NC)NCC1CC(=O)Nc2ccccc21. The number of rotatable bonds is 7. The number of aliphatic imine (C=N–C) groups is 1. The molecule has 2 aromatic rings. The number of anilines is 1. The number of amides is 1. The number of guanidine groups is 1. The molecule has 0 spiro atoms. The molecule has 1 aliphatic heterocycles. The molecular formula is C22H28N4O2. The minimum atomic E-state index is 0.0540. The average Bonchev–Trinajstić information content (AvgIpc) is 2.72. The van der Waals surface area contributed by atoms with Gasteiger partial charge in [0.25, 0.3) is 0 Å². The van der Waals surface area contributed by atoms with E-state index in [1.807, 2.05) is 37.3 Å². The van der Waals surface area contributed by atoms with Crippen LogP contribution in [0, 0.1) is 0 Å². The van der Waals surface area contributed by atoms with Crippen molar-refractivity contribution in [1.29, 1.82) is 0 Å². The molecule has 0 bridgehead atoms. The van der Waals surface area contributed by atoms with Crippen molar-refractivity contribution in [2.45, 2.75) is 32.4 Å². The predicted octanol–water partition coefficient (Wildman–Crippen LogP) is 3.01. The van der Waals surface area contributed by atoms with Crippen LogP contribution in [0.5, 0.6) is 0 Å². The van der Waals surface area contributed by atoms with Crippen molar-refractivity contribution < 1.29 is 9.53 Å². The fourth-order valence-electron chi connectivity index (χ4n) is 3.39. The number of benzene rings is 2. The Morgan fingerprint density at radius 3 is 2.68 bits per heavy atom. The Morgan fingerprint density at radius 1 is 1.14 bits per heavy atom. The monoisotopic (exact) mass is 380 g/mol. The average molecular weight is 380 g/mol. The fourth-order valence-corrected chi connectivity index (χ4v) is 3.39. The zero-order chi connectivity index (χ0) is 19.8. The minimum Gasteiger partial charge on any atom is -0.377 e. The fraction of sp³-hybridized carbons (Fsp3) is 0.364. The van der Waals surface area contributed by atoms with E-state index >= 15 is 0 Å². The third-order valence-corrected chi connectivity index (χ3v) is 4.87. The first kappa shape index (κ1) is 19.9. The third-order valence-electron chi connectivity index (χ3n) is 4.87. The lowest BCUT2D eigenvalue weighted by atomic mass is 9.90. The molecule has 0 fully saturated rings. The number of carbonyl (C=O) groups is 1. The molecule has 3 rings (SSSR count). The second-order valence-corrected chi connectivity index (χ2v) is 6.75. The molecule has 1 heterocycles. The molecule has 1 aliphatic rings. The molecule has 148 valence electrons. The summed E-state index contributed by atoms with van der Waals surface area (Å²) in [5.74, 6) is 0.890. The molecular weight excluding hydrogens is 352 g/mol. The standard InChI is InChI=1S/C22H28N4O2/c1-3-28-15-17-9-5-4-8-16(17)13-24-22(23-2)25-14-18-12-21(27)26-20-11-7-6-10-19(18)20/h4-11,18H,3,12-15H2,1-2H3,(H,26,27)(H2,23,24,25). The maximum atomic E-state index is 12.0. The van der Waals surface area contributed by atoms with Gasteiger partial charge in [0.15, 0.2) is 5.96 Å². The van der Waals surface area contributed by atoms with E-state index in [0.717, 1.165) is 17.2 Å². The highest BCUT2D eigenvalue weighted by atomic mass is 16.5. The van der Waals surface area contributed by atoms with E-state index in [1.165, 1.54) is 11.1 Å². The second kappa shape index (κ2) is 9.90. The molecule has 3 N–H and O–H groups in total. The maximum Gasteiger partial charge on any atom is 0.225 e. The Balaban J connectivity index is 1.58. The van der Waals surface area contributed by atoms with Crippen LogP contribution in [-0.2, 0) is 22.7 Å². The molecule has 0 saturated heterocycles. The lowest BCUT2D eigenvalue weighted by Gasteiger charge is -2.26. The summed E-state index contributed by atoms with van der Waals surface area (Å²) >= 11 is 0. The van der Waals surface area contributed by atoms with Gasteiger partial charge in [-0.25, -0.2) is 0 Å². The van der Waals surface area contributed by atoms with Gasteiger partial charge in [0, 0.05) is 44.8 Å². The quantitative estimate of drug-likeness (QED) is 0.510. The lowest BCUT2D eigenvalue weighted by molar-refractivity contribution is -0.116. The van der Waals surface area contributed by atoms with Gasteiger partial charge in [-0.15, -0.1) is 0 Å².